The maximum Gasteiger partial charge on any atom is 0.316 e. The molecular formula is C25H24N4O3S. The number of hydrogen-bond acceptors (Lipinski definition) is 7. The number of thiazole rings is 1. The van der Waals surface area contributed by atoms with Crippen molar-refractivity contribution in [3.8, 4) is 17.1 Å². The van der Waals surface area contributed by atoms with Crippen molar-refractivity contribution in [3.05, 3.63) is 60.4 Å². The number of nitrogens with zero attached hydrogens (tertiary/aromatic N) is 3. The predicted octanol–water partition coefficient (Wildman–Crippen LogP) is 5.83. The number of carboxylic acid groups (broad SMARTS) is 1. The molecule has 0 spiro atoms. The standard InChI is InChI=1S/C25H24N4O3S/c1-15-2-11-21-22(12-15)33-25(29-21)28-19-7-3-16(4-8-19)18-13-26-24(27-14-18)32-20-9-5-17(6-10-20)23(30)31/h2-4,7-8,11-14,17,20H,5-6,9-10H2,1H3,(H,28,29)(H,30,31)/t17-,20+. The van der Waals surface area contributed by atoms with Crippen LogP contribution in [0.1, 0.15) is 31.2 Å². The summed E-state index contributed by atoms with van der Waals surface area (Å²) in [7, 11) is 0. The van der Waals surface area contributed by atoms with Crippen LogP contribution < -0.4 is 10.1 Å². The Balaban J connectivity index is 1.20. The second kappa shape index (κ2) is 9.15. The van der Waals surface area contributed by atoms with Crippen LogP contribution in [-0.2, 0) is 4.79 Å². The number of benzene rings is 2. The molecule has 0 aliphatic heterocycles. The van der Waals surface area contributed by atoms with Gasteiger partial charge in [0.15, 0.2) is 5.13 Å². The summed E-state index contributed by atoms with van der Waals surface area (Å²) in [4.78, 5) is 24.4. The van der Waals surface area contributed by atoms with Gasteiger partial charge in [-0.15, -0.1) is 0 Å². The molecule has 7 nitrogen and oxygen atoms in total. The van der Waals surface area contributed by atoms with Crippen LogP contribution in [0.2, 0.25) is 0 Å². The van der Waals surface area contributed by atoms with E-state index in [1.54, 1.807) is 23.7 Å². The first kappa shape index (κ1) is 21.3. The zero-order valence-corrected chi connectivity index (χ0v) is 19.0. The zero-order chi connectivity index (χ0) is 22.8. The number of hydrogen-bond donors (Lipinski definition) is 2. The molecule has 2 aromatic carbocycles. The molecule has 1 fully saturated rings. The van der Waals surface area contributed by atoms with E-state index in [0.717, 1.165) is 27.5 Å². The molecule has 2 N–H and O–H groups in total. The summed E-state index contributed by atoms with van der Waals surface area (Å²) in [5, 5.41) is 13.4. The first-order valence-electron chi connectivity index (χ1n) is 11.0. The quantitative estimate of drug-likeness (QED) is 0.374. The molecule has 168 valence electrons. The van der Waals surface area contributed by atoms with Gasteiger partial charge in [-0.25, -0.2) is 15.0 Å². The molecule has 1 aliphatic rings. The zero-order valence-electron chi connectivity index (χ0n) is 18.2. The van der Waals surface area contributed by atoms with Gasteiger partial charge in [0, 0.05) is 23.6 Å². The SMILES string of the molecule is Cc1ccc2nc(Nc3ccc(-c4cnc(O[C@H]5CC[C@@H](C(=O)O)CC5)nc4)cc3)sc2c1. The first-order valence-corrected chi connectivity index (χ1v) is 11.8. The minimum Gasteiger partial charge on any atom is -0.481 e. The topological polar surface area (TPSA) is 97.2 Å². The number of rotatable bonds is 6. The van der Waals surface area contributed by atoms with Crippen molar-refractivity contribution in [2.45, 2.75) is 38.7 Å². The van der Waals surface area contributed by atoms with E-state index in [-0.39, 0.29) is 12.0 Å². The van der Waals surface area contributed by atoms with Gasteiger partial charge in [-0.2, -0.15) is 0 Å². The van der Waals surface area contributed by atoms with Crippen molar-refractivity contribution in [1.82, 2.24) is 15.0 Å². The van der Waals surface area contributed by atoms with E-state index >= 15 is 0 Å². The van der Waals surface area contributed by atoms with E-state index < -0.39 is 5.97 Å². The average Bonchev–Trinajstić information content (AvgIpc) is 3.22. The minimum atomic E-state index is -0.717. The number of anilines is 2. The Bertz CT molecular complexity index is 1260. The lowest BCUT2D eigenvalue weighted by Crippen LogP contribution is -2.28. The van der Waals surface area contributed by atoms with Crippen molar-refractivity contribution in [3.63, 3.8) is 0 Å². The van der Waals surface area contributed by atoms with E-state index in [2.05, 4.69) is 39.3 Å². The Kier molecular flexibility index (Phi) is 5.92. The Morgan fingerprint density at radius 2 is 1.76 bits per heavy atom. The van der Waals surface area contributed by atoms with Gasteiger partial charge < -0.3 is 15.2 Å². The molecular weight excluding hydrogens is 436 g/mol. The number of carbonyl (C=O) groups is 1. The highest BCUT2D eigenvalue weighted by molar-refractivity contribution is 7.22. The number of ether oxygens (including phenoxy) is 1. The summed E-state index contributed by atoms with van der Waals surface area (Å²) < 4.78 is 7.03. The van der Waals surface area contributed by atoms with Gasteiger partial charge in [-0.1, -0.05) is 29.5 Å². The Morgan fingerprint density at radius 3 is 2.45 bits per heavy atom. The molecule has 0 bridgehead atoms. The van der Waals surface area contributed by atoms with Crippen molar-refractivity contribution in [1.29, 1.82) is 0 Å². The van der Waals surface area contributed by atoms with E-state index in [4.69, 9.17) is 9.84 Å². The largest absolute Gasteiger partial charge is 0.481 e. The predicted molar refractivity (Wildman–Crippen MR) is 129 cm³/mol. The van der Waals surface area contributed by atoms with Crippen molar-refractivity contribution >= 4 is 38.3 Å². The van der Waals surface area contributed by atoms with E-state index in [9.17, 15) is 4.79 Å². The van der Waals surface area contributed by atoms with Crippen molar-refractivity contribution in [2.75, 3.05) is 5.32 Å². The number of aliphatic carboxylic acids is 1. The lowest BCUT2D eigenvalue weighted by molar-refractivity contribution is -0.143. The third-order valence-electron chi connectivity index (χ3n) is 5.94. The summed E-state index contributed by atoms with van der Waals surface area (Å²) in [6, 6.07) is 14.7. The van der Waals surface area contributed by atoms with Crippen LogP contribution in [0.15, 0.2) is 54.9 Å². The highest BCUT2D eigenvalue weighted by Gasteiger charge is 2.27. The average molecular weight is 461 g/mol. The summed E-state index contributed by atoms with van der Waals surface area (Å²) >= 11 is 1.64. The number of carboxylic acids is 1. The van der Waals surface area contributed by atoms with Crippen LogP contribution in [0, 0.1) is 12.8 Å². The molecule has 4 aromatic rings. The molecule has 2 aromatic heterocycles. The van der Waals surface area contributed by atoms with Crippen LogP contribution in [-0.4, -0.2) is 32.1 Å². The highest BCUT2D eigenvalue weighted by Crippen LogP contribution is 2.30. The van der Waals surface area contributed by atoms with Gasteiger partial charge in [0.25, 0.3) is 0 Å². The van der Waals surface area contributed by atoms with Gasteiger partial charge in [-0.3, -0.25) is 4.79 Å². The van der Waals surface area contributed by atoms with Crippen LogP contribution in [0.4, 0.5) is 10.8 Å². The molecule has 2 heterocycles. The Hall–Kier alpha value is -3.52. The number of aryl methyl sites for hydroxylation is 1. The van der Waals surface area contributed by atoms with Crippen molar-refractivity contribution < 1.29 is 14.6 Å². The van der Waals surface area contributed by atoms with E-state index in [1.807, 2.05) is 30.3 Å². The fourth-order valence-corrected chi connectivity index (χ4v) is 5.04. The fourth-order valence-electron chi connectivity index (χ4n) is 4.06. The Labute approximate surface area is 195 Å². The van der Waals surface area contributed by atoms with Gasteiger partial charge >= 0.3 is 12.0 Å². The maximum atomic E-state index is 11.1. The molecule has 5 rings (SSSR count). The summed E-state index contributed by atoms with van der Waals surface area (Å²) in [6.07, 6.45) is 6.18. The summed E-state index contributed by atoms with van der Waals surface area (Å²) in [5.74, 6) is -0.977. The van der Waals surface area contributed by atoms with Crippen LogP contribution in [0.3, 0.4) is 0 Å². The number of fused-ring (bicyclic) bond motifs is 1. The molecule has 1 aliphatic carbocycles. The summed E-state index contributed by atoms with van der Waals surface area (Å²) in [6.45, 7) is 2.08. The fraction of sp³-hybridized carbons (Fsp3) is 0.280. The monoisotopic (exact) mass is 460 g/mol. The highest BCUT2D eigenvalue weighted by atomic mass is 32.1. The second-order valence-electron chi connectivity index (χ2n) is 8.38. The molecule has 0 saturated heterocycles. The van der Waals surface area contributed by atoms with Gasteiger partial charge in [-0.05, 0) is 68.0 Å². The second-order valence-corrected chi connectivity index (χ2v) is 9.41. The third-order valence-corrected chi connectivity index (χ3v) is 6.87. The normalized spacial score (nSPS) is 18.2. The minimum absolute atomic E-state index is 0.0248. The summed E-state index contributed by atoms with van der Waals surface area (Å²) in [5.41, 5.74) is 5.10. The molecule has 1 saturated carbocycles. The van der Waals surface area contributed by atoms with Crippen LogP contribution >= 0.6 is 11.3 Å². The van der Waals surface area contributed by atoms with Crippen LogP contribution in [0.5, 0.6) is 6.01 Å². The molecule has 8 heteroatoms. The third kappa shape index (κ3) is 4.96. The molecule has 33 heavy (non-hydrogen) atoms. The lowest BCUT2D eigenvalue weighted by Gasteiger charge is -2.25. The van der Waals surface area contributed by atoms with Crippen molar-refractivity contribution in [2.24, 2.45) is 5.92 Å². The molecule has 0 radical (unpaired) electrons. The molecule has 0 atom stereocenters. The first-order chi connectivity index (χ1) is 16.0. The molecule has 0 amide bonds. The van der Waals surface area contributed by atoms with Gasteiger partial charge in [0.1, 0.15) is 6.10 Å². The van der Waals surface area contributed by atoms with Gasteiger partial charge in [0.05, 0.1) is 16.1 Å². The number of aromatic nitrogens is 3. The van der Waals surface area contributed by atoms with E-state index in [1.165, 1.54) is 10.3 Å². The maximum absolute atomic E-state index is 11.1. The lowest BCUT2D eigenvalue weighted by atomic mass is 9.87. The number of nitrogens with one attached hydrogen (secondary N) is 1. The smallest absolute Gasteiger partial charge is 0.316 e. The molecule has 0 unspecified atom stereocenters. The van der Waals surface area contributed by atoms with Gasteiger partial charge in [0.2, 0.25) is 0 Å². The van der Waals surface area contributed by atoms with Crippen LogP contribution in [0.25, 0.3) is 21.3 Å². The van der Waals surface area contributed by atoms with E-state index in [0.29, 0.717) is 31.7 Å². The Morgan fingerprint density at radius 1 is 1.03 bits per heavy atom.